The molecule has 2 aromatic carbocycles. The predicted molar refractivity (Wildman–Crippen MR) is 93.6 cm³/mol. The van der Waals surface area contributed by atoms with Crippen LogP contribution in [0.1, 0.15) is 43.0 Å². The Morgan fingerprint density at radius 1 is 1.13 bits per heavy atom. The van der Waals surface area contributed by atoms with Crippen molar-refractivity contribution in [2.45, 2.75) is 46.3 Å². The third kappa shape index (κ3) is 4.59. The molecule has 0 unspecified atom stereocenters. The topological polar surface area (TPSA) is 38.3 Å². The summed E-state index contributed by atoms with van der Waals surface area (Å²) in [5, 5.41) is 3.10. The molecule has 23 heavy (non-hydrogen) atoms. The van der Waals surface area contributed by atoms with Crippen LogP contribution in [0.5, 0.6) is 5.75 Å². The van der Waals surface area contributed by atoms with Crippen LogP contribution in [0.2, 0.25) is 0 Å². The Morgan fingerprint density at radius 3 is 2.43 bits per heavy atom. The predicted octanol–water partition coefficient (Wildman–Crippen LogP) is 4.34. The monoisotopic (exact) mass is 311 g/mol. The summed E-state index contributed by atoms with van der Waals surface area (Å²) >= 11 is 0. The van der Waals surface area contributed by atoms with Gasteiger partial charge in [-0.05, 0) is 50.5 Å². The quantitative estimate of drug-likeness (QED) is 0.862. The summed E-state index contributed by atoms with van der Waals surface area (Å²) in [5.74, 6) is 0.607. The van der Waals surface area contributed by atoms with Gasteiger partial charge in [0.05, 0.1) is 6.04 Å². The van der Waals surface area contributed by atoms with Crippen molar-refractivity contribution in [3.8, 4) is 5.75 Å². The van der Waals surface area contributed by atoms with Crippen molar-refractivity contribution < 1.29 is 9.53 Å². The zero-order valence-corrected chi connectivity index (χ0v) is 14.3. The SMILES string of the molecule is CC[C@@H](NC(=O)[C@@H](C)Oc1ccccc1)c1ccc(C)cc1C. The van der Waals surface area contributed by atoms with Crippen LogP contribution < -0.4 is 10.1 Å². The van der Waals surface area contributed by atoms with E-state index in [4.69, 9.17) is 4.74 Å². The van der Waals surface area contributed by atoms with Crippen molar-refractivity contribution in [3.05, 3.63) is 65.2 Å². The first-order chi connectivity index (χ1) is 11.0. The number of amides is 1. The number of carbonyl (C=O) groups is 1. The number of aryl methyl sites for hydroxylation is 2. The molecule has 0 bridgehead atoms. The van der Waals surface area contributed by atoms with Crippen molar-refractivity contribution in [2.75, 3.05) is 0 Å². The molecule has 0 spiro atoms. The Kier molecular flexibility index (Phi) is 5.80. The summed E-state index contributed by atoms with van der Waals surface area (Å²) in [6.07, 6.45) is 0.311. The smallest absolute Gasteiger partial charge is 0.261 e. The highest BCUT2D eigenvalue weighted by atomic mass is 16.5. The fraction of sp³-hybridized carbons (Fsp3) is 0.350. The second-order valence-electron chi connectivity index (χ2n) is 5.90. The van der Waals surface area contributed by atoms with E-state index in [1.165, 1.54) is 16.7 Å². The van der Waals surface area contributed by atoms with E-state index >= 15 is 0 Å². The second kappa shape index (κ2) is 7.82. The Hall–Kier alpha value is -2.29. The Bertz CT molecular complexity index is 652. The zero-order valence-electron chi connectivity index (χ0n) is 14.3. The van der Waals surface area contributed by atoms with Gasteiger partial charge in [-0.25, -0.2) is 0 Å². The average molecular weight is 311 g/mol. The molecule has 0 aliphatic heterocycles. The molecule has 3 nitrogen and oxygen atoms in total. The molecule has 0 aromatic heterocycles. The van der Waals surface area contributed by atoms with E-state index in [-0.39, 0.29) is 11.9 Å². The number of hydrogen-bond donors (Lipinski definition) is 1. The fourth-order valence-electron chi connectivity index (χ4n) is 2.66. The molecule has 2 atom stereocenters. The van der Waals surface area contributed by atoms with E-state index in [0.717, 1.165) is 6.42 Å². The number of para-hydroxylation sites is 1. The van der Waals surface area contributed by atoms with E-state index in [2.05, 4.69) is 44.3 Å². The maximum Gasteiger partial charge on any atom is 0.261 e. The molecule has 0 saturated carbocycles. The van der Waals surface area contributed by atoms with E-state index in [9.17, 15) is 4.79 Å². The maximum atomic E-state index is 12.4. The molecule has 2 aromatic rings. The second-order valence-corrected chi connectivity index (χ2v) is 5.90. The molecule has 0 aliphatic carbocycles. The molecular weight excluding hydrogens is 286 g/mol. The van der Waals surface area contributed by atoms with Crippen molar-refractivity contribution >= 4 is 5.91 Å². The van der Waals surface area contributed by atoms with Gasteiger partial charge in [-0.15, -0.1) is 0 Å². The third-order valence-electron chi connectivity index (χ3n) is 3.95. The van der Waals surface area contributed by atoms with Gasteiger partial charge in [0.2, 0.25) is 0 Å². The third-order valence-corrected chi connectivity index (χ3v) is 3.95. The number of hydrogen-bond acceptors (Lipinski definition) is 2. The minimum Gasteiger partial charge on any atom is -0.481 e. The van der Waals surface area contributed by atoms with Crippen LogP contribution in [0, 0.1) is 13.8 Å². The van der Waals surface area contributed by atoms with Crippen LogP contribution in [0.4, 0.5) is 0 Å². The van der Waals surface area contributed by atoms with Gasteiger partial charge in [0.15, 0.2) is 6.10 Å². The molecule has 1 amide bonds. The highest BCUT2D eigenvalue weighted by molar-refractivity contribution is 5.81. The molecule has 0 radical (unpaired) electrons. The number of ether oxygens (including phenoxy) is 1. The highest BCUT2D eigenvalue weighted by Crippen LogP contribution is 2.22. The molecule has 0 heterocycles. The van der Waals surface area contributed by atoms with Gasteiger partial charge in [-0.1, -0.05) is 48.9 Å². The van der Waals surface area contributed by atoms with Crippen molar-refractivity contribution in [3.63, 3.8) is 0 Å². The van der Waals surface area contributed by atoms with Gasteiger partial charge in [-0.3, -0.25) is 4.79 Å². The number of nitrogens with one attached hydrogen (secondary N) is 1. The summed E-state index contributed by atoms with van der Waals surface area (Å²) in [6, 6.07) is 15.7. The van der Waals surface area contributed by atoms with Gasteiger partial charge in [0.1, 0.15) is 5.75 Å². The van der Waals surface area contributed by atoms with Gasteiger partial charge < -0.3 is 10.1 Å². The molecule has 1 N–H and O–H groups in total. The van der Waals surface area contributed by atoms with E-state index < -0.39 is 6.10 Å². The lowest BCUT2D eigenvalue weighted by atomic mass is 9.97. The molecule has 0 aliphatic rings. The minimum atomic E-state index is -0.530. The van der Waals surface area contributed by atoms with Crippen molar-refractivity contribution in [2.24, 2.45) is 0 Å². The van der Waals surface area contributed by atoms with Gasteiger partial charge in [-0.2, -0.15) is 0 Å². The molecule has 3 heteroatoms. The maximum absolute atomic E-state index is 12.4. The fourth-order valence-corrected chi connectivity index (χ4v) is 2.66. The van der Waals surface area contributed by atoms with E-state index in [1.807, 2.05) is 30.3 Å². The molecule has 122 valence electrons. The molecular formula is C20H25NO2. The summed E-state index contributed by atoms with van der Waals surface area (Å²) in [6.45, 7) is 8.01. The largest absolute Gasteiger partial charge is 0.481 e. The van der Waals surface area contributed by atoms with Crippen molar-refractivity contribution in [1.29, 1.82) is 0 Å². The Balaban J connectivity index is 2.04. The first kappa shape index (κ1) is 17.1. The van der Waals surface area contributed by atoms with Crippen LogP contribution >= 0.6 is 0 Å². The lowest BCUT2D eigenvalue weighted by Gasteiger charge is -2.22. The van der Waals surface area contributed by atoms with E-state index in [1.54, 1.807) is 6.92 Å². The molecule has 0 fully saturated rings. The number of carbonyl (C=O) groups excluding carboxylic acids is 1. The Morgan fingerprint density at radius 2 is 1.83 bits per heavy atom. The van der Waals surface area contributed by atoms with Gasteiger partial charge in [0, 0.05) is 0 Å². The van der Waals surface area contributed by atoms with Crippen LogP contribution in [0.25, 0.3) is 0 Å². The summed E-state index contributed by atoms with van der Waals surface area (Å²) in [5.41, 5.74) is 3.60. The van der Waals surface area contributed by atoms with Crippen LogP contribution in [-0.2, 0) is 4.79 Å². The normalized spacial score (nSPS) is 13.2. The van der Waals surface area contributed by atoms with Crippen molar-refractivity contribution in [1.82, 2.24) is 5.32 Å². The Labute approximate surface area is 138 Å². The minimum absolute atomic E-state index is 0.00456. The lowest BCUT2D eigenvalue weighted by molar-refractivity contribution is -0.128. The summed E-state index contributed by atoms with van der Waals surface area (Å²) in [4.78, 5) is 12.4. The van der Waals surface area contributed by atoms with Crippen LogP contribution in [0.15, 0.2) is 48.5 Å². The van der Waals surface area contributed by atoms with Crippen LogP contribution in [0.3, 0.4) is 0 Å². The number of benzene rings is 2. The lowest BCUT2D eigenvalue weighted by Crippen LogP contribution is -2.38. The van der Waals surface area contributed by atoms with E-state index in [0.29, 0.717) is 5.75 Å². The summed E-state index contributed by atoms with van der Waals surface area (Å²) < 4.78 is 5.69. The molecule has 0 saturated heterocycles. The van der Waals surface area contributed by atoms with Gasteiger partial charge in [0.25, 0.3) is 5.91 Å². The highest BCUT2D eigenvalue weighted by Gasteiger charge is 2.20. The molecule has 2 rings (SSSR count). The number of rotatable bonds is 6. The van der Waals surface area contributed by atoms with Crippen LogP contribution in [-0.4, -0.2) is 12.0 Å². The van der Waals surface area contributed by atoms with Gasteiger partial charge >= 0.3 is 0 Å². The first-order valence-electron chi connectivity index (χ1n) is 8.10. The standard InChI is InChI=1S/C20H25NO2/c1-5-19(18-12-11-14(2)13-15(18)3)21-20(22)16(4)23-17-9-7-6-8-10-17/h6-13,16,19H,5H2,1-4H3,(H,21,22)/t16-,19-/m1/s1. The summed E-state index contributed by atoms with van der Waals surface area (Å²) in [7, 11) is 0. The average Bonchev–Trinajstić information content (AvgIpc) is 2.54. The first-order valence-corrected chi connectivity index (χ1v) is 8.10. The zero-order chi connectivity index (χ0) is 16.8.